The van der Waals surface area contributed by atoms with Crippen LogP contribution in [-0.2, 0) is 16.0 Å². The van der Waals surface area contributed by atoms with E-state index >= 15 is 0 Å². The highest BCUT2D eigenvalue weighted by atomic mass is 19.1. The number of aryl methyl sites for hydroxylation is 1. The maximum atomic E-state index is 13.6. The molecule has 2 aliphatic rings. The summed E-state index contributed by atoms with van der Waals surface area (Å²) in [6.07, 6.45) is 3.31. The van der Waals surface area contributed by atoms with Gasteiger partial charge in [-0.3, -0.25) is 5.01 Å². The topological polar surface area (TPSA) is 51.1 Å². The molecule has 0 amide bonds. The van der Waals surface area contributed by atoms with Gasteiger partial charge in [0.25, 0.3) is 0 Å². The molecule has 0 bridgehead atoms. The molecule has 0 spiro atoms. The van der Waals surface area contributed by atoms with Crippen molar-refractivity contribution in [3.63, 3.8) is 0 Å². The maximum absolute atomic E-state index is 13.6. The number of allylic oxidation sites excluding steroid dienone is 1. The molecule has 2 aromatic carbocycles. The van der Waals surface area contributed by atoms with Crippen LogP contribution in [0.15, 0.2) is 59.3 Å². The Hall–Kier alpha value is -3.15. The maximum Gasteiger partial charge on any atom is 0.332 e. The third-order valence-electron chi connectivity index (χ3n) is 5.72. The van der Waals surface area contributed by atoms with Crippen LogP contribution < -0.4 is 4.74 Å². The molecule has 1 aliphatic carbocycles. The summed E-state index contributed by atoms with van der Waals surface area (Å²) >= 11 is 0. The fourth-order valence-corrected chi connectivity index (χ4v) is 4.32. The lowest BCUT2D eigenvalue weighted by atomic mass is 9.77. The summed E-state index contributed by atoms with van der Waals surface area (Å²) in [6, 6.07) is 12.5. The number of carbonyl (C=O) groups is 1. The van der Waals surface area contributed by atoms with E-state index in [4.69, 9.17) is 14.6 Å². The van der Waals surface area contributed by atoms with Crippen LogP contribution in [0.5, 0.6) is 5.75 Å². The van der Waals surface area contributed by atoms with Crippen molar-refractivity contribution in [2.75, 3.05) is 13.7 Å². The summed E-state index contributed by atoms with van der Waals surface area (Å²) in [7, 11) is 1.65. The largest absolute Gasteiger partial charge is 0.497 e. The van der Waals surface area contributed by atoms with Crippen molar-refractivity contribution in [3.8, 4) is 5.75 Å². The predicted octanol–water partition coefficient (Wildman–Crippen LogP) is 4.62. The molecule has 0 saturated carbocycles. The van der Waals surface area contributed by atoms with E-state index in [1.54, 1.807) is 26.2 Å². The summed E-state index contributed by atoms with van der Waals surface area (Å²) < 4.78 is 24.1. The van der Waals surface area contributed by atoms with E-state index in [9.17, 15) is 9.18 Å². The molecule has 0 fully saturated rings. The zero-order valence-electron chi connectivity index (χ0n) is 17.4. The molecular weight excluding hydrogens is 383 g/mol. The van der Waals surface area contributed by atoms with Crippen molar-refractivity contribution in [1.82, 2.24) is 5.01 Å². The molecule has 1 aliphatic heterocycles. The molecule has 0 aromatic heterocycles. The van der Waals surface area contributed by atoms with E-state index in [0.717, 1.165) is 35.4 Å². The van der Waals surface area contributed by atoms with E-state index < -0.39 is 5.97 Å². The number of halogens is 1. The monoisotopic (exact) mass is 408 g/mol. The molecule has 0 N–H and O–H groups in total. The molecule has 1 heterocycles. The number of rotatable bonds is 5. The Morgan fingerprint density at radius 2 is 2.03 bits per heavy atom. The Labute approximate surface area is 175 Å². The molecule has 6 heteroatoms. The first-order valence-electron chi connectivity index (χ1n) is 10.2. The van der Waals surface area contributed by atoms with Crippen LogP contribution in [0.3, 0.4) is 0 Å². The van der Waals surface area contributed by atoms with Gasteiger partial charge in [0.2, 0.25) is 0 Å². The number of esters is 1. The Kier molecular flexibility index (Phi) is 5.57. The third-order valence-corrected chi connectivity index (χ3v) is 5.72. The Bertz CT molecular complexity index is 1010. The summed E-state index contributed by atoms with van der Waals surface area (Å²) in [5.41, 5.74) is 4.93. The molecule has 0 saturated heterocycles. The van der Waals surface area contributed by atoms with Crippen molar-refractivity contribution in [1.29, 1.82) is 0 Å². The summed E-state index contributed by atoms with van der Waals surface area (Å²) in [6.45, 7) is 3.94. The van der Waals surface area contributed by atoms with Crippen molar-refractivity contribution >= 4 is 11.7 Å². The van der Waals surface area contributed by atoms with E-state index in [1.165, 1.54) is 23.8 Å². The SMILES string of the molecule is CCOC(=O)C=C(C)N1N=C2c3cc(OC)ccc3CCC2C1c1ccc(F)cc1. The van der Waals surface area contributed by atoms with Crippen LogP contribution in [0.1, 0.15) is 43.0 Å². The van der Waals surface area contributed by atoms with Gasteiger partial charge >= 0.3 is 5.97 Å². The van der Waals surface area contributed by atoms with Gasteiger partial charge in [-0.05, 0) is 62.1 Å². The number of ether oxygens (including phenoxy) is 2. The van der Waals surface area contributed by atoms with Crippen molar-refractivity contribution < 1.29 is 18.7 Å². The predicted molar refractivity (Wildman–Crippen MR) is 113 cm³/mol. The minimum atomic E-state index is -0.398. The lowest BCUT2D eigenvalue weighted by molar-refractivity contribution is -0.137. The second-order valence-electron chi connectivity index (χ2n) is 7.53. The summed E-state index contributed by atoms with van der Waals surface area (Å²) in [5.74, 6) is 0.236. The van der Waals surface area contributed by atoms with Crippen LogP contribution in [0, 0.1) is 11.7 Å². The second-order valence-corrected chi connectivity index (χ2v) is 7.53. The van der Waals surface area contributed by atoms with E-state index in [-0.39, 0.29) is 17.8 Å². The van der Waals surface area contributed by atoms with Crippen LogP contribution in [0.25, 0.3) is 0 Å². The van der Waals surface area contributed by atoms with Gasteiger partial charge in [0, 0.05) is 23.3 Å². The molecule has 2 unspecified atom stereocenters. The molecule has 156 valence electrons. The number of methoxy groups -OCH3 is 1. The van der Waals surface area contributed by atoms with Gasteiger partial charge in [-0.25, -0.2) is 9.18 Å². The van der Waals surface area contributed by atoms with Gasteiger partial charge in [-0.2, -0.15) is 5.10 Å². The first kappa shape index (κ1) is 20.1. The number of nitrogens with zero attached hydrogens (tertiary/aromatic N) is 2. The van der Waals surface area contributed by atoms with Crippen LogP contribution >= 0.6 is 0 Å². The molecule has 4 rings (SSSR count). The zero-order chi connectivity index (χ0) is 21.3. The lowest BCUT2D eigenvalue weighted by Crippen LogP contribution is -2.28. The van der Waals surface area contributed by atoms with Gasteiger partial charge in [-0.1, -0.05) is 18.2 Å². The van der Waals surface area contributed by atoms with Gasteiger partial charge in [-0.15, -0.1) is 0 Å². The second kappa shape index (κ2) is 8.30. The first-order valence-corrected chi connectivity index (χ1v) is 10.2. The highest BCUT2D eigenvalue weighted by Gasteiger charge is 2.42. The van der Waals surface area contributed by atoms with E-state index in [0.29, 0.717) is 12.3 Å². The van der Waals surface area contributed by atoms with Gasteiger partial charge in [0.15, 0.2) is 0 Å². The van der Waals surface area contributed by atoms with E-state index in [2.05, 4.69) is 6.07 Å². The lowest BCUT2D eigenvalue weighted by Gasteiger charge is -2.31. The van der Waals surface area contributed by atoms with Crippen molar-refractivity contribution in [2.24, 2.45) is 11.0 Å². The molecule has 2 aromatic rings. The molecule has 0 radical (unpaired) electrons. The number of benzene rings is 2. The number of hydrogen-bond acceptors (Lipinski definition) is 5. The highest BCUT2D eigenvalue weighted by Crippen LogP contribution is 2.45. The first-order chi connectivity index (χ1) is 14.5. The van der Waals surface area contributed by atoms with Crippen molar-refractivity contribution in [3.05, 3.63) is 76.7 Å². The Balaban J connectivity index is 1.79. The quantitative estimate of drug-likeness (QED) is 0.535. The standard InChI is InChI=1S/C24H25FN2O3/c1-4-30-22(28)13-15(2)27-24(17-5-9-18(25)10-6-17)20-12-8-16-7-11-19(29-3)14-21(16)23(20)26-27/h5-7,9-11,13-14,20,24H,4,8,12H2,1-3H3. The fraction of sp³-hybridized carbons (Fsp3) is 0.333. The van der Waals surface area contributed by atoms with Crippen molar-refractivity contribution in [2.45, 2.75) is 32.7 Å². The van der Waals surface area contributed by atoms with E-state index in [1.807, 2.05) is 24.1 Å². The Morgan fingerprint density at radius 3 is 2.73 bits per heavy atom. The summed E-state index contributed by atoms with van der Waals surface area (Å²) in [4.78, 5) is 12.1. The molecule has 30 heavy (non-hydrogen) atoms. The summed E-state index contributed by atoms with van der Waals surface area (Å²) in [5, 5.41) is 6.82. The average molecular weight is 408 g/mol. The third kappa shape index (κ3) is 3.70. The minimum absolute atomic E-state index is 0.120. The number of fused-ring (bicyclic) bond motifs is 3. The van der Waals surface area contributed by atoms with Crippen LogP contribution in [0.2, 0.25) is 0 Å². The number of carbonyl (C=O) groups excluding carboxylic acids is 1. The molecular formula is C24H25FN2O3. The van der Waals surface area contributed by atoms with Gasteiger partial charge in [0.05, 0.1) is 25.5 Å². The zero-order valence-corrected chi connectivity index (χ0v) is 17.4. The van der Waals surface area contributed by atoms with Gasteiger partial charge < -0.3 is 9.47 Å². The van der Waals surface area contributed by atoms with Crippen LogP contribution in [-0.4, -0.2) is 30.4 Å². The highest BCUT2D eigenvalue weighted by molar-refractivity contribution is 6.06. The fourth-order valence-electron chi connectivity index (χ4n) is 4.32. The molecule has 5 nitrogen and oxygen atoms in total. The number of hydrazone groups is 1. The smallest absolute Gasteiger partial charge is 0.332 e. The molecule has 2 atom stereocenters. The Morgan fingerprint density at radius 1 is 1.27 bits per heavy atom. The van der Waals surface area contributed by atoms with Crippen LogP contribution in [0.4, 0.5) is 4.39 Å². The number of hydrogen-bond donors (Lipinski definition) is 0. The normalized spacial score (nSPS) is 20.3. The average Bonchev–Trinajstić information content (AvgIpc) is 3.14. The minimum Gasteiger partial charge on any atom is -0.497 e. The van der Waals surface area contributed by atoms with Gasteiger partial charge in [0.1, 0.15) is 11.6 Å².